The van der Waals surface area contributed by atoms with E-state index >= 15 is 0 Å². The van der Waals surface area contributed by atoms with Crippen molar-refractivity contribution in [2.45, 2.75) is 19.7 Å². The molecule has 0 saturated heterocycles. The predicted octanol–water partition coefficient (Wildman–Crippen LogP) is 4.78. The number of para-hydroxylation sites is 3. The van der Waals surface area contributed by atoms with Crippen LogP contribution in [0.1, 0.15) is 21.9 Å². The highest BCUT2D eigenvalue weighted by atomic mass is 16.5. The molecule has 0 atom stereocenters. The first-order valence-corrected chi connectivity index (χ1v) is 11.5. The Morgan fingerprint density at radius 1 is 0.889 bits per heavy atom. The van der Waals surface area contributed by atoms with Gasteiger partial charge in [0, 0.05) is 12.2 Å². The summed E-state index contributed by atoms with van der Waals surface area (Å²) in [4.78, 5) is 29.6. The molecule has 5 rings (SSSR count). The second-order valence-electron chi connectivity index (χ2n) is 8.11. The van der Waals surface area contributed by atoms with E-state index < -0.39 is 0 Å². The van der Waals surface area contributed by atoms with Gasteiger partial charge in [-0.05, 0) is 54.1 Å². The molecule has 3 aromatic carbocycles. The van der Waals surface area contributed by atoms with Gasteiger partial charge in [-0.15, -0.1) is 0 Å². The van der Waals surface area contributed by atoms with Crippen LogP contribution in [-0.4, -0.2) is 21.4 Å². The van der Waals surface area contributed by atoms with Gasteiger partial charge < -0.3 is 24.4 Å². The fourth-order valence-corrected chi connectivity index (χ4v) is 3.78. The van der Waals surface area contributed by atoms with Crippen molar-refractivity contribution in [1.82, 2.24) is 14.9 Å². The first-order valence-electron chi connectivity index (χ1n) is 11.5. The van der Waals surface area contributed by atoms with E-state index in [2.05, 4.69) is 15.6 Å². The van der Waals surface area contributed by atoms with Crippen molar-refractivity contribution in [3.63, 3.8) is 0 Å². The summed E-state index contributed by atoms with van der Waals surface area (Å²) in [6, 6.07) is 27.7. The lowest BCUT2D eigenvalue weighted by Crippen LogP contribution is -2.28. The van der Waals surface area contributed by atoms with Crippen molar-refractivity contribution in [2.75, 3.05) is 5.32 Å². The quantitative estimate of drug-likeness (QED) is 0.317. The Labute approximate surface area is 207 Å². The van der Waals surface area contributed by atoms with Crippen LogP contribution in [0.5, 0.6) is 5.75 Å². The molecule has 36 heavy (non-hydrogen) atoms. The van der Waals surface area contributed by atoms with Crippen molar-refractivity contribution in [1.29, 1.82) is 0 Å². The highest BCUT2D eigenvalue weighted by Gasteiger charge is 2.14. The van der Waals surface area contributed by atoms with Crippen molar-refractivity contribution in [3.05, 3.63) is 114 Å². The van der Waals surface area contributed by atoms with Gasteiger partial charge in [-0.1, -0.05) is 42.5 Å². The highest BCUT2D eigenvalue weighted by molar-refractivity contribution is 6.02. The first kappa shape index (κ1) is 22.9. The summed E-state index contributed by atoms with van der Waals surface area (Å²) in [6.07, 6.45) is 1.45. The Balaban J connectivity index is 1.21. The molecule has 0 fully saturated rings. The lowest BCUT2D eigenvalue weighted by atomic mass is 10.2. The van der Waals surface area contributed by atoms with Crippen molar-refractivity contribution in [3.8, 4) is 5.75 Å². The molecular weight excluding hydrogens is 456 g/mol. The number of imidazole rings is 1. The molecule has 0 bridgehead atoms. The average molecular weight is 481 g/mol. The molecule has 0 saturated carbocycles. The average Bonchev–Trinajstić information content (AvgIpc) is 3.57. The summed E-state index contributed by atoms with van der Waals surface area (Å²) < 4.78 is 12.9. The second-order valence-corrected chi connectivity index (χ2v) is 8.11. The van der Waals surface area contributed by atoms with Gasteiger partial charge in [-0.2, -0.15) is 0 Å². The number of hydrogen-bond acceptors (Lipinski definition) is 5. The molecule has 0 unspecified atom stereocenters. The lowest BCUT2D eigenvalue weighted by molar-refractivity contribution is -0.121. The van der Waals surface area contributed by atoms with Gasteiger partial charge in [0.05, 0.1) is 17.3 Å². The monoisotopic (exact) mass is 480 g/mol. The third-order valence-electron chi connectivity index (χ3n) is 5.59. The summed E-state index contributed by atoms with van der Waals surface area (Å²) in [5.41, 5.74) is 3.22. The largest absolute Gasteiger partial charge is 0.486 e. The zero-order chi connectivity index (χ0) is 24.7. The molecule has 180 valence electrons. The SMILES string of the molecule is O=C(Cn1c(COc2ccccc2)nc2ccccc21)NCc1ccc(NC(=O)c2ccco2)cc1. The molecule has 0 spiro atoms. The van der Waals surface area contributed by atoms with Gasteiger partial charge in [-0.3, -0.25) is 9.59 Å². The minimum atomic E-state index is -0.319. The Hall–Kier alpha value is -4.85. The number of nitrogens with zero attached hydrogens (tertiary/aromatic N) is 2. The molecule has 2 amide bonds. The van der Waals surface area contributed by atoms with Crippen molar-refractivity contribution < 1.29 is 18.7 Å². The van der Waals surface area contributed by atoms with Crippen LogP contribution >= 0.6 is 0 Å². The normalized spacial score (nSPS) is 10.8. The van der Waals surface area contributed by atoms with Crippen molar-refractivity contribution >= 4 is 28.5 Å². The minimum absolute atomic E-state index is 0.116. The van der Waals surface area contributed by atoms with Crippen LogP contribution in [0, 0.1) is 0 Å². The van der Waals surface area contributed by atoms with E-state index in [-0.39, 0.29) is 30.7 Å². The zero-order valence-corrected chi connectivity index (χ0v) is 19.4. The van der Waals surface area contributed by atoms with E-state index in [0.29, 0.717) is 18.1 Å². The van der Waals surface area contributed by atoms with Crippen molar-refractivity contribution in [2.24, 2.45) is 0 Å². The summed E-state index contributed by atoms with van der Waals surface area (Å²) in [5, 5.41) is 5.73. The Kier molecular flexibility index (Phi) is 6.75. The van der Waals surface area contributed by atoms with Crippen LogP contribution in [0.25, 0.3) is 11.0 Å². The molecule has 5 aromatic rings. The number of carbonyl (C=O) groups is 2. The van der Waals surface area contributed by atoms with Gasteiger partial charge >= 0.3 is 0 Å². The molecular formula is C28H24N4O4. The van der Waals surface area contributed by atoms with E-state index in [1.54, 1.807) is 24.3 Å². The number of amides is 2. The number of ether oxygens (including phenoxy) is 1. The summed E-state index contributed by atoms with van der Waals surface area (Å²) in [6.45, 7) is 0.718. The summed E-state index contributed by atoms with van der Waals surface area (Å²) in [5.74, 6) is 1.19. The Bertz CT molecular complexity index is 1460. The lowest BCUT2D eigenvalue weighted by Gasteiger charge is -2.11. The van der Waals surface area contributed by atoms with Crippen LogP contribution in [0.15, 0.2) is 102 Å². The predicted molar refractivity (Wildman–Crippen MR) is 135 cm³/mol. The van der Waals surface area contributed by atoms with Gasteiger partial charge in [0.2, 0.25) is 5.91 Å². The number of rotatable bonds is 9. The van der Waals surface area contributed by atoms with Gasteiger partial charge in [0.1, 0.15) is 24.7 Å². The van der Waals surface area contributed by atoms with Crippen LogP contribution in [-0.2, 0) is 24.5 Å². The van der Waals surface area contributed by atoms with Gasteiger partial charge in [0.15, 0.2) is 5.76 Å². The minimum Gasteiger partial charge on any atom is -0.486 e. The maximum atomic E-state index is 12.8. The van der Waals surface area contributed by atoms with E-state index in [9.17, 15) is 9.59 Å². The molecule has 2 aromatic heterocycles. The summed E-state index contributed by atoms with van der Waals surface area (Å²) in [7, 11) is 0. The molecule has 0 aliphatic heterocycles. The highest BCUT2D eigenvalue weighted by Crippen LogP contribution is 2.18. The van der Waals surface area contributed by atoms with Gasteiger partial charge in [0.25, 0.3) is 5.91 Å². The maximum Gasteiger partial charge on any atom is 0.291 e. The van der Waals surface area contributed by atoms with E-state index in [1.165, 1.54) is 6.26 Å². The molecule has 8 nitrogen and oxygen atoms in total. The molecule has 0 aliphatic carbocycles. The molecule has 2 N–H and O–H groups in total. The fraction of sp³-hybridized carbons (Fsp3) is 0.107. The number of nitrogens with one attached hydrogen (secondary N) is 2. The summed E-state index contributed by atoms with van der Waals surface area (Å²) >= 11 is 0. The Morgan fingerprint density at radius 3 is 2.44 bits per heavy atom. The molecule has 0 radical (unpaired) electrons. The smallest absolute Gasteiger partial charge is 0.291 e. The van der Waals surface area contributed by atoms with Gasteiger partial charge in [-0.25, -0.2) is 4.98 Å². The molecule has 0 aliphatic rings. The number of aromatic nitrogens is 2. The van der Waals surface area contributed by atoms with Crippen LogP contribution in [0.2, 0.25) is 0 Å². The first-order chi connectivity index (χ1) is 17.7. The zero-order valence-electron chi connectivity index (χ0n) is 19.4. The van der Waals surface area contributed by atoms with Crippen LogP contribution < -0.4 is 15.4 Å². The third-order valence-corrected chi connectivity index (χ3v) is 5.59. The number of furan rings is 1. The van der Waals surface area contributed by atoms with E-state index in [1.807, 2.05) is 71.3 Å². The van der Waals surface area contributed by atoms with E-state index in [4.69, 9.17) is 9.15 Å². The standard InChI is InChI=1S/C28H24N4O4/c33-27(29-17-20-12-14-21(15-13-20)30-28(34)25-11-6-16-35-25)18-32-24-10-5-4-9-23(24)31-26(32)19-36-22-7-2-1-3-8-22/h1-16H,17-19H2,(H,29,33)(H,30,34). The van der Waals surface area contributed by atoms with E-state index in [0.717, 1.165) is 22.3 Å². The van der Waals surface area contributed by atoms with Crippen LogP contribution in [0.4, 0.5) is 5.69 Å². The number of hydrogen-bond donors (Lipinski definition) is 2. The topological polar surface area (TPSA) is 98.4 Å². The third kappa shape index (κ3) is 5.44. The van der Waals surface area contributed by atoms with Crippen LogP contribution in [0.3, 0.4) is 0 Å². The number of carbonyl (C=O) groups excluding carboxylic acids is 2. The Morgan fingerprint density at radius 2 is 1.67 bits per heavy atom. The second kappa shape index (κ2) is 10.6. The number of benzene rings is 3. The fourth-order valence-electron chi connectivity index (χ4n) is 3.78. The maximum absolute atomic E-state index is 12.8. The molecule has 8 heteroatoms. The number of anilines is 1. The molecule has 2 heterocycles. The number of fused-ring (bicyclic) bond motifs is 1.